The third-order valence-corrected chi connectivity index (χ3v) is 5.27. The molecule has 1 atom stereocenters. The summed E-state index contributed by atoms with van der Waals surface area (Å²) in [6.07, 6.45) is 1.04. The fourth-order valence-electron chi connectivity index (χ4n) is 3.66. The SMILES string of the molecule is COCCN1CC(C(=O)N2CCN(CCc3ccccc3)C(=O)C2)CC1=O. The van der Waals surface area contributed by atoms with Gasteiger partial charge in [0.2, 0.25) is 17.7 Å². The molecule has 7 nitrogen and oxygen atoms in total. The molecule has 1 aromatic carbocycles. The van der Waals surface area contributed by atoms with Crippen LogP contribution in [0, 0.1) is 5.92 Å². The number of hydrogen-bond donors (Lipinski definition) is 0. The van der Waals surface area contributed by atoms with Crippen LogP contribution in [0.15, 0.2) is 30.3 Å². The number of nitrogens with zero attached hydrogens (tertiary/aromatic N) is 3. The molecule has 1 aromatic rings. The van der Waals surface area contributed by atoms with Crippen molar-refractivity contribution in [3.63, 3.8) is 0 Å². The summed E-state index contributed by atoms with van der Waals surface area (Å²) >= 11 is 0. The van der Waals surface area contributed by atoms with Gasteiger partial charge in [0.1, 0.15) is 0 Å². The molecule has 2 saturated heterocycles. The Morgan fingerprint density at radius 3 is 2.56 bits per heavy atom. The first-order valence-electron chi connectivity index (χ1n) is 9.45. The third kappa shape index (κ3) is 4.86. The van der Waals surface area contributed by atoms with E-state index < -0.39 is 0 Å². The minimum atomic E-state index is -0.349. The largest absolute Gasteiger partial charge is 0.383 e. The molecular weight excluding hydrogens is 346 g/mol. The molecule has 27 heavy (non-hydrogen) atoms. The molecule has 7 heteroatoms. The Hall–Kier alpha value is -2.41. The van der Waals surface area contributed by atoms with Crippen molar-refractivity contribution in [1.29, 1.82) is 0 Å². The van der Waals surface area contributed by atoms with Gasteiger partial charge in [0.25, 0.3) is 0 Å². The molecule has 0 aliphatic carbocycles. The monoisotopic (exact) mass is 373 g/mol. The second-order valence-corrected chi connectivity index (χ2v) is 7.11. The van der Waals surface area contributed by atoms with Crippen molar-refractivity contribution < 1.29 is 19.1 Å². The van der Waals surface area contributed by atoms with Gasteiger partial charge >= 0.3 is 0 Å². The maximum absolute atomic E-state index is 12.7. The van der Waals surface area contributed by atoms with Crippen LogP contribution in [0.1, 0.15) is 12.0 Å². The number of likely N-dealkylation sites (tertiary alicyclic amines) is 1. The normalized spacial score (nSPS) is 20.5. The van der Waals surface area contributed by atoms with Crippen LogP contribution in [-0.2, 0) is 25.5 Å². The first-order chi connectivity index (χ1) is 13.1. The van der Waals surface area contributed by atoms with Crippen LogP contribution in [0.2, 0.25) is 0 Å². The summed E-state index contributed by atoms with van der Waals surface area (Å²) in [6, 6.07) is 10.1. The van der Waals surface area contributed by atoms with E-state index in [2.05, 4.69) is 12.1 Å². The zero-order chi connectivity index (χ0) is 19.2. The summed E-state index contributed by atoms with van der Waals surface area (Å²) < 4.78 is 5.01. The Kier molecular flexibility index (Phi) is 6.45. The molecule has 3 rings (SSSR count). The molecule has 1 unspecified atom stereocenters. The Bertz CT molecular complexity index is 679. The highest BCUT2D eigenvalue weighted by Gasteiger charge is 2.38. The lowest BCUT2D eigenvalue weighted by atomic mass is 10.1. The zero-order valence-electron chi connectivity index (χ0n) is 15.8. The summed E-state index contributed by atoms with van der Waals surface area (Å²) in [5.74, 6) is -0.471. The molecule has 2 fully saturated rings. The zero-order valence-corrected chi connectivity index (χ0v) is 15.8. The molecule has 0 saturated carbocycles. The molecular formula is C20H27N3O4. The standard InChI is InChI=1S/C20H27N3O4/c1-27-12-11-22-14-17(13-18(22)24)20(26)23-10-9-21(19(25)15-23)8-7-16-5-3-2-4-6-16/h2-6,17H,7-15H2,1H3. The van der Waals surface area contributed by atoms with E-state index in [1.807, 2.05) is 23.1 Å². The molecule has 3 amide bonds. The number of hydrogen-bond acceptors (Lipinski definition) is 4. The van der Waals surface area contributed by atoms with Gasteiger partial charge in [-0.15, -0.1) is 0 Å². The van der Waals surface area contributed by atoms with E-state index in [1.54, 1.807) is 16.9 Å². The van der Waals surface area contributed by atoms with Crippen molar-refractivity contribution in [3.05, 3.63) is 35.9 Å². The summed E-state index contributed by atoms with van der Waals surface area (Å²) in [5, 5.41) is 0. The van der Waals surface area contributed by atoms with Gasteiger partial charge in [0, 0.05) is 46.3 Å². The third-order valence-electron chi connectivity index (χ3n) is 5.27. The minimum Gasteiger partial charge on any atom is -0.383 e. The van der Waals surface area contributed by atoms with Crippen LogP contribution in [0.4, 0.5) is 0 Å². The molecule has 2 aliphatic rings. The Morgan fingerprint density at radius 1 is 1.07 bits per heavy atom. The number of rotatable bonds is 7. The van der Waals surface area contributed by atoms with Crippen LogP contribution in [0.3, 0.4) is 0 Å². The molecule has 0 N–H and O–H groups in total. The highest BCUT2D eigenvalue weighted by molar-refractivity contribution is 5.92. The van der Waals surface area contributed by atoms with Crippen LogP contribution < -0.4 is 0 Å². The van der Waals surface area contributed by atoms with Gasteiger partial charge < -0.3 is 19.4 Å². The van der Waals surface area contributed by atoms with Crippen LogP contribution in [-0.4, -0.2) is 85.4 Å². The fourth-order valence-corrected chi connectivity index (χ4v) is 3.66. The minimum absolute atomic E-state index is 0.0155. The highest BCUT2D eigenvalue weighted by Crippen LogP contribution is 2.21. The predicted molar refractivity (Wildman–Crippen MR) is 99.9 cm³/mol. The molecule has 0 spiro atoms. The van der Waals surface area contributed by atoms with Crippen LogP contribution >= 0.6 is 0 Å². The number of amides is 3. The second kappa shape index (κ2) is 8.99. The van der Waals surface area contributed by atoms with Gasteiger partial charge in [-0.3, -0.25) is 14.4 Å². The summed E-state index contributed by atoms with van der Waals surface area (Å²) in [5.41, 5.74) is 1.20. The van der Waals surface area contributed by atoms with Crippen LogP contribution in [0.25, 0.3) is 0 Å². The maximum atomic E-state index is 12.7. The second-order valence-electron chi connectivity index (χ2n) is 7.11. The topological polar surface area (TPSA) is 70.2 Å². The maximum Gasteiger partial charge on any atom is 0.242 e. The van der Waals surface area contributed by atoms with Gasteiger partial charge in [-0.1, -0.05) is 30.3 Å². The van der Waals surface area contributed by atoms with Crippen molar-refractivity contribution >= 4 is 17.7 Å². The van der Waals surface area contributed by atoms with Crippen molar-refractivity contribution in [2.75, 3.05) is 53.0 Å². The van der Waals surface area contributed by atoms with Crippen molar-refractivity contribution in [2.24, 2.45) is 5.92 Å². The lowest BCUT2D eigenvalue weighted by molar-refractivity contribution is -0.147. The molecule has 2 aliphatic heterocycles. The van der Waals surface area contributed by atoms with Crippen molar-refractivity contribution in [2.45, 2.75) is 12.8 Å². The Morgan fingerprint density at radius 2 is 1.85 bits per heavy atom. The quantitative estimate of drug-likeness (QED) is 0.694. The van der Waals surface area contributed by atoms with E-state index >= 15 is 0 Å². The van der Waals surface area contributed by atoms with Crippen LogP contribution in [0.5, 0.6) is 0 Å². The van der Waals surface area contributed by atoms with Crippen molar-refractivity contribution in [1.82, 2.24) is 14.7 Å². The molecule has 0 bridgehead atoms. The van der Waals surface area contributed by atoms with Gasteiger partial charge in [0.15, 0.2) is 0 Å². The smallest absolute Gasteiger partial charge is 0.242 e. The van der Waals surface area contributed by atoms with Gasteiger partial charge in [-0.25, -0.2) is 0 Å². The Labute approximate surface area is 159 Å². The van der Waals surface area contributed by atoms with Gasteiger partial charge in [-0.05, 0) is 12.0 Å². The molecule has 2 heterocycles. The van der Waals surface area contributed by atoms with E-state index in [0.29, 0.717) is 39.3 Å². The fraction of sp³-hybridized carbons (Fsp3) is 0.550. The van der Waals surface area contributed by atoms with E-state index in [0.717, 1.165) is 6.42 Å². The molecule has 146 valence electrons. The summed E-state index contributed by atoms with van der Waals surface area (Å²) in [7, 11) is 1.59. The van der Waals surface area contributed by atoms with E-state index in [-0.39, 0.29) is 36.6 Å². The Balaban J connectivity index is 1.48. The highest BCUT2D eigenvalue weighted by atomic mass is 16.5. The first kappa shape index (κ1) is 19.4. The number of methoxy groups -OCH3 is 1. The van der Waals surface area contributed by atoms with E-state index in [4.69, 9.17) is 4.74 Å². The lowest BCUT2D eigenvalue weighted by Gasteiger charge is -2.35. The number of benzene rings is 1. The average Bonchev–Trinajstić information content (AvgIpc) is 3.06. The van der Waals surface area contributed by atoms with Gasteiger partial charge in [0.05, 0.1) is 19.1 Å². The number of piperazine rings is 1. The first-order valence-corrected chi connectivity index (χ1v) is 9.45. The number of ether oxygens (including phenoxy) is 1. The molecule has 0 aromatic heterocycles. The van der Waals surface area contributed by atoms with E-state index in [1.165, 1.54) is 5.56 Å². The van der Waals surface area contributed by atoms with Gasteiger partial charge in [-0.2, -0.15) is 0 Å². The number of carbonyl (C=O) groups is 3. The van der Waals surface area contributed by atoms with E-state index in [9.17, 15) is 14.4 Å². The lowest BCUT2D eigenvalue weighted by Crippen LogP contribution is -2.54. The predicted octanol–water partition coefficient (Wildman–Crippen LogP) is 0.395. The average molecular weight is 373 g/mol. The number of carbonyl (C=O) groups excluding carboxylic acids is 3. The summed E-state index contributed by atoms with van der Waals surface area (Å²) in [4.78, 5) is 42.3. The molecule has 0 radical (unpaired) electrons. The van der Waals surface area contributed by atoms with Crippen molar-refractivity contribution in [3.8, 4) is 0 Å². The summed E-state index contributed by atoms with van der Waals surface area (Å²) in [6.45, 7) is 3.24.